The molecule has 0 bridgehead atoms. The molecule has 4 heterocycles. The molecule has 0 N–H and O–H groups in total. The summed E-state index contributed by atoms with van der Waals surface area (Å²) in [7, 11) is 0.498. The van der Waals surface area contributed by atoms with Crippen LogP contribution in [0, 0.1) is 0 Å². The highest BCUT2D eigenvalue weighted by molar-refractivity contribution is 7.63. The van der Waals surface area contributed by atoms with Gasteiger partial charge in [0.05, 0.1) is 51.9 Å². The first-order valence-electron chi connectivity index (χ1n) is 16.3. The van der Waals surface area contributed by atoms with E-state index in [1.165, 1.54) is 0 Å². The molecule has 2 aromatic rings. The van der Waals surface area contributed by atoms with E-state index >= 15 is 0 Å². The molecule has 2 aromatic carbocycles. The Morgan fingerprint density at radius 2 is 1.44 bits per heavy atom. The van der Waals surface area contributed by atoms with Gasteiger partial charge in [-0.05, 0) is 68.7 Å². The Hall–Kier alpha value is -3.52. The van der Waals surface area contributed by atoms with Crippen LogP contribution in [-0.2, 0) is 11.0 Å². The lowest BCUT2D eigenvalue weighted by molar-refractivity contribution is 0.0738. The van der Waals surface area contributed by atoms with E-state index in [2.05, 4.69) is 4.99 Å². The van der Waals surface area contributed by atoms with Gasteiger partial charge in [0.15, 0.2) is 23.0 Å². The normalized spacial score (nSPS) is 21.7. The molecule has 0 aromatic heterocycles. The molecule has 10 nitrogen and oxygen atoms in total. The zero-order chi connectivity index (χ0) is 31.6. The Balaban J connectivity index is 1.10. The van der Waals surface area contributed by atoms with Gasteiger partial charge >= 0.3 is 0 Å². The van der Waals surface area contributed by atoms with Crippen LogP contribution in [0.4, 0.5) is 5.69 Å². The number of amides is 2. The largest absolute Gasteiger partial charge is 0.493 e. The Bertz CT molecular complexity index is 1530. The number of fused-ring (bicyclic) bond motifs is 4. The molecule has 0 radical (unpaired) electrons. The van der Waals surface area contributed by atoms with Gasteiger partial charge in [-0.1, -0.05) is 6.92 Å². The third-order valence-corrected chi connectivity index (χ3v) is 12.9. The molecule has 6 rings (SSSR count). The highest BCUT2D eigenvalue weighted by Crippen LogP contribution is 2.47. The van der Waals surface area contributed by atoms with E-state index in [4.69, 9.17) is 18.9 Å². The average Bonchev–Trinajstić information content (AvgIpc) is 3.67. The van der Waals surface area contributed by atoms with Crippen molar-refractivity contribution in [1.29, 1.82) is 0 Å². The maximum atomic E-state index is 14.0. The highest BCUT2D eigenvalue weighted by Gasteiger charge is 2.35. The van der Waals surface area contributed by atoms with Crippen LogP contribution in [0.5, 0.6) is 23.0 Å². The van der Waals surface area contributed by atoms with Gasteiger partial charge in [0.1, 0.15) is 0 Å². The first kappa shape index (κ1) is 31.5. The van der Waals surface area contributed by atoms with E-state index in [1.807, 2.05) is 35.1 Å². The first-order valence-corrected chi connectivity index (χ1v) is 18.5. The van der Waals surface area contributed by atoms with Crippen LogP contribution in [0.1, 0.15) is 71.7 Å². The highest BCUT2D eigenvalue weighted by atomic mass is 31.2. The van der Waals surface area contributed by atoms with E-state index in [9.17, 15) is 14.2 Å². The number of ether oxygens (including phenoxy) is 4. The van der Waals surface area contributed by atoms with Gasteiger partial charge in [-0.25, -0.2) is 0 Å². The number of aryl methyl sites for hydroxylation is 1. The summed E-state index contributed by atoms with van der Waals surface area (Å²) in [5.74, 6) is 2.07. The lowest BCUT2D eigenvalue weighted by atomic mass is 10.0. The van der Waals surface area contributed by atoms with Crippen molar-refractivity contribution in [2.24, 2.45) is 4.99 Å². The molecule has 2 fully saturated rings. The molecule has 2 amide bonds. The molecule has 45 heavy (non-hydrogen) atoms. The molecule has 242 valence electrons. The SMILES string of the molecule is CCCP(=O)(CCOc1cc2c(cc1OC)C(=O)N1CCC[C@H]1CC2)CCOc1cc2c(cc1OC)C(=O)N1CCC[C@H]1C=N2. The molecular formula is C34H44N3O7P. The van der Waals surface area contributed by atoms with Crippen LogP contribution in [0.15, 0.2) is 29.3 Å². The Morgan fingerprint density at radius 1 is 0.800 bits per heavy atom. The molecule has 0 saturated carbocycles. The average molecular weight is 638 g/mol. The molecule has 0 spiro atoms. The maximum Gasteiger partial charge on any atom is 0.256 e. The van der Waals surface area contributed by atoms with Crippen molar-refractivity contribution < 1.29 is 33.1 Å². The number of carbonyl (C=O) groups is 2. The predicted molar refractivity (Wildman–Crippen MR) is 174 cm³/mol. The van der Waals surface area contributed by atoms with Crippen LogP contribution in [0.2, 0.25) is 0 Å². The van der Waals surface area contributed by atoms with Crippen molar-refractivity contribution in [3.8, 4) is 23.0 Å². The van der Waals surface area contributed by atoms with E-state index in [-0.39, 0.29) is 31.1 Å². The summed E-state index contributed by atoms with van der Waals surface area (Å²) in [6, 6.07) is 7.52. The minimum Gasteiger partial charge on any atom is -0.493 e. The summed E-state index contributed by atoms with van der Waals surface area (Å²) in [4.78, 5) is 34.9. The van der Waals surface area contributed by atoms with Gasteiger partial charge in [-0.2, -0.15) is 0 Å². The van der Waals surface area contributed by atoms with Crippen LogP contribution in [0.25, 0.3) is 0 Å². The third-order valence-electron chi connectivity index (χ3n) is 9.61. The van der Waals surface area contributed by atoms with Crippen molar-refractivity contribution in [2.75, 3.05) is 59.0 Å². The van der Waals surface area contributed by atoms with E-state index < -0.39 is 7.14 Å². The summed E-state index contributed by atoms with van der Waals surface area (Å²) < 4.78 is 37.5. The Labute approximate surface area is 265 Å². The number of aliphatic imine (C=N–C) groups is 1. The van der Waals surface area contributed by atoms with E-state index in [1.54, 1.807) is 26.4 Å². The topological polar surface area (TPSA) is 107 Å². The van der Waals surface area contributed by atoms with E-state index in [0.29, 0.717) is 64.3 Å². The fourth-order valence-electron chi connectivity index (χ4n) is 7.17. The van der Waals surface area contributed by atoms with Gasteiger partial charge < -0.3 is 33.3 Å². The number of nitrogens with zero attached hydrogens (tertiary/aromatic N) is 3. The lowest BCUT2D eigenvalue weighted by Gasteiger charge is -2.22. The van der Waals surface area contributed by atoms with Crippen molar-refractivity contribution >= 4 is 30.9 Å². The quantitative estimate of drug-likeness (QED) is 0.271. The van der Waals surface area contributed by atoms with Gasteiger partial charge in [0.2, 0.25) is 0 Å². The maximum absolute atomic E-state index is 14.0. The second-order valence-electron chi connectivity index (χ2n) is 12.4. The van der Waals surface area contributed by atoms with Crippen LogP contribution >= 0.6 is 7.14 Å². The fraction of sp³-hybridized carbons (Fsp3) is 0.559. The van der Waals surface area contributed by atoms with Crippen molar-refractivity contribution in [3.05, 3.63) is 41.0 Å². The van der Waals surface area contributed by atoms with Crippen LogP contribution < -0.4 is 18.9 Å². The van der Waals surface area contributed by atoms with Gasteiger partial charge in [0, 0.05) is 55.5 Å². The predicted octanol–water partition coefficient (Wildman–Crippen LogP) is 5.81. The summed E-state index contributed by atoms with van der Waals surface area (Å²) in [5, 5.41) is 0. The molecule has 4 aliphatic heterocycles. The van der Waals surface area contributed by atoms with Gasteiger partial charge in [-0.3, -0.25) is 14.6 Å². The lowest BCUT2D eigenvalue weighted by Crippen LogP contribution is -2.35. The molecule has 4 aliphatic rings. The molecule has 1 unspecified atom stereocenters. The zero-order valence-electron chi connectivity index (χ0n) is 26.6. The fourth-order valence-corrected chi connectivity index (χ4v) is 9.50. The Kier molecular flexibility index (Phi) is 9.41. The molecule has 2 saturated heterocycles. The minimum atomic E-state index is -2.63. The number of benzene rings is 2. The smallest absolute Gasteiger partial charge is 0.256 e. The van der Waals surface area contributed by atoms with Crippen molar-refractivity contribution in [3.63, 3.8) is 0 Å². The zero-order valence-corrected chi connectivity index (χ0v) is 27.5. The number of methoxy groups -OCH3 is 2. The second kappa shape index (κ2) is 13.5. The summed E-state index contributed by atoms with van der Waals surface area (Å²) in [5.41, 5.74) is 2.75. The summed E-state index contributed by atoms with van der Waals surface area (Å²) in [6.45, 7) is 4.07. The third kappa shape index (κ3) is 6.44. The van der Waals surface area contributed by atoms with Crippen LogP contribution in [0.3, 0.4) is 0 Å². The van der Waals surface area contributed by atoms with E-state index in [0.717, 1.165) is 63.6 Å². The molecule has 3 atom stereocenters. The number of rotatable bonds is 12. The van der Waals surface area contributed by atoms with Crippen LogP contribution in [-0.4, -0.2) is 98.9 Å². The van der Waals surface area contributed by atoms with Crippen molar-refractivity contribution in [1.82, 2.24) is 9.80 Å². The first-order chi connectivity index (χ1) is 21.8. The summed E-state index contributed by atoms with van der Waals surface area (Å²) in [6.07, 6.45) is 9.78. The van der Waals surface area contributed by atoms with Gasteiger partial charge in [-0.15, -0.1) is 0 Å². The Morgan fingerprint density at radius 3 is 2.16 bits per heavy atom. The molecule has 11 heteroatoms. The second-order valence-corrected chi connectivity index (χ2v) is 15.9. The standard InChI is InChI=1S/C34H44N3O7P/c1-4-15-45(40,16-13-43-31-18-23-9-10-24-7-5-11-36(24)33(38)26(23)19-29(31)41-2)17-14-44-32-21-28-27(20-30(32)42-3)34(39)37-12-6-8-25(37)22-35-28/h18-22,24-25H,4-17H2,1-3H3/t24-,25-,45?/m0/s1. The number of carbonyl (C=O) groups excluding carboxylic acids is 2. The summed E-state index contributed by atoms with van der Waals surface area (Å²) >= 11 is 0. The molecule has 0 aliphatic carbocycles. The number of hydrogen-bond donors (Lipinski definition) is 0. The monoisotopic (exact) mass is 637 g/mol. The van der Waals surface area contributed by atoms with Crippen molar-refractivity contribution in [2.45, 2.75) is 64.0 Å². The van der Waals surface area contributed by atoms with Gasteiger partial charge in [0.25, 0.3) is 11.8 Å². The molecular weight excluding hydrogens is 593 g/mol. The minimum absolute atomic E-state index is 0.0216. The number of hydrogen-bond acceptors (Lipinski definition) is 8.